The molecule has 248 valence electrons. The average molecular weight is 666 g/mol. The van der Waals surface area contributed by atoms with Crippen molar-refractivity contribution >= 4 is 11.0 Å². The number of rotatable bonds is 9. The van der Waals surface area contributed by atoms with Gasteiger partial charge in [-0.2, -0.15) is 23.5 Å². The van der Waals surface area contributed by atoms with E-state index in [1.54, 1.807) is 18.3 Å². The van der Waals surface area contributed by atoms with E-state index in [1.165, 1.54) is 18.2 Å². The smallest absolute Gasteiger partial charge is 0.451 e. The zero-order chi connectivity index (χ0) is 33.4. The van der Waals surface area contributed by atoms with Gasteiger partial charge in [-0.3, -0.25) is 15.0 Å². The first kappa shape index (κ1) is 31.6. The Bertz CT molecular complexity index is 1990. The van der Waals surface area contributed by atoms with Crippen LogP contribution in [0, 0.1) is 23.0 Å². The molecule has 2 fully saturated rings. The van der Waals surface area contributed by atoms with Crippen LogP contribution in [0.15, 0.2) is 42.6 Å². The normalized spacial score (nSPS) is 17.4. The molecule has 0 bridgehead atoms. The second-order valence-corrected chi connectivity index (χ2v) is 11.8. The van der Waals surface area contributed by atoms with Crippen molar-refractivity contribution in [1.82, 2.24) is 39.6 Å². The Labute approximate surface area is 270 Å². The predicted molar refractivity (Wildman–Crippen MR) is 159 cm³/mol. The highest BCUT2D eigenvalue weighted by Crippen LogP contribution is 2.32. The first-order valence-electron chi connectivity index (χ1n) is 15.3. The van der Waals surface area contributed by atoms with Gasteiger partial charge in [0.2, 0.25) is 5.82 Å². The number of alkyl halides is 3. The zero-order valence-electron chi connectivity index (χ0n) is 25.3. The van der Waals surface area contributed by atoms with Crippen molar-refractivity contribution < 1.29 is 31.4 Å². The van der Waals surface area contributed by atoms with E-state index < -0.39 is 23.6 Å². The van der Waals surface area contributed by atoms with Crippen molar-refractivity contribution in [3.05, 3.63) is 82.7 Å². The number of aromatic amines is 1. The second kappa shape index (κ2) is 12.9. The Kier molecular flexibility index (Phi) is 8.48. The Morgan fingerprint density at radius 3 is 2.52 bits per heavy atom. The molecule has 6 heterocycles. The summed E-state index contributed by atoms with van der Waals surface area (Å²) < 4.78 is 81.3. The molecule has 2 aliphatic heterocycles. The number of aromatic nitrogens is 7. The number of pyridine rings is 2. The number of hydrogen-bond acceptors (Lipinski definition) is 9. The van der Waals surface area contributed by atoms with Gasteiger partial charge < -0.3 is 14.0 Å². The maximum absolute atomic E-state index is 14.6. The Balaban J connectivity index is 1.04. The molecule has 1 aromatic carbocycles. The topological polar surface area (TPSA) is 131 Å². The van der Waals surface area contributed by atoms with Gasteiger partial charge in [0.05, 0.1) is 48.1 Å². The summed E-state index contributed by atoms with van der Waals surface area (Å²) in [6.45, 7) is 2.95. The van der Waals surface area contributed by atoms with Crippen LogP contribution in [0.2, 0.25) is 0 Å². The largest absolute Gasteiger partial charge is 0.471 e. The Morgan fingerprint density at radius 2 is 1.83 bits per heavy atom. The molecule has 2 aliphatic rings. The molecule has 7 rings (SSSR count). The summed E-state index contributed by atoms with van der Waals surface area (Å²) in [5.41, 5.74) is 2.51. The number of benzene rings is 1. The number of imidazole rings is 1. The van der Waals surface area contributed by atoms with Gasteiger partial charge in [0.1, 0.15) is 23.9 Å². The third-order valence-corrected chi connectivity index (χ3v) is 8.63. The molecule has 0 saturated carbocycles. The van der Waals surface area contributed by atoms with Gasteiger partial charge in [0, 0.05) is 23.8 Å². The van der Waals surface area contributed by atoms with Gasteiger partial charge in [0.25, 0.3) is 5.88 Å². The molecule has 11 nitrogen and oxygen atoms in total. The quantitative estimate of drug-likeness (QED) is 0.202. The lowest BCUT2D eigenvalue weighted by Crippen LogP contribution is -2.35. The molecule has 1 N–H and O–H groups in total. The van der Waals surface area contributed by atoms with Gasteiger partial charge in [-0.1, -0.05) is 6.07 Å². The van der Waals surface area contributed by atoms with Crippen molar-refractivity contribution in [1.29, 1.82) is 5.26 Å². The van der Waals surface area contributed by atoms with Crippen LogP contribution in [0.1, 0.15) is 53.7 Å². The summed E-state index contributed by atoms with van der Waals surface area (Å²) >= 11 is 0. The summed E-state index contributed by atoms with van der Waals surface area (Å²) in [6, 6.07) is 10.4. The molecule has 4 aromatic heterocycles. The molecule has 48 heavy (non-hydrogen) atoms. The minimum atomic E-state index is -4.66. The summed E-state index contributed by atoms with van der Waals surface area (Å²) in [7, 11) is 0. The van der Waals surface area contributed by atoms with E-state index in [2.05, 4.69) is 25.0 Å². The lowest BCUT2D eigenvalue weighted by atomic mass is 9.93. The fraction of sp³-hybridized carbons (Fsp3) is 0.375. The number of nitrogens with zero attached hydrogens (tertiary/aromatic N) is 8. The van der Waals surface area contributed by atoms with Crippen molar-refractivity contribution in [3.8, 4) is 23.5 Å². The summed E-state index contributed by atoms with van der Waals surface area (Å²) in [5.74, 6) is -2.03. The van der Waals surface area contributed by atoms with Gasteiger partial charge >= 0.3 is 6.18 Å². The first-order valence-corrected chi connectivity index (χ1v) is 15.3. The molecule has 5 aromatic rings. The van der Waals surface area contributed by atoms with Crippen LogP contribution in [-0.2, 0) is 30.6 Å². The molecule has 0 spiro atoms. The fourth-order valence-corrected chi connectivity index (χ4v) is 5.89. The Hall–Kier alpha value is -5.01. The SMILES string of the molecule is N#Cc1ccc(COc2nc(C3CCN(Cc4nc5cc(-c6n[nH]c(C(F)(F)F)n6)ncc5n4C[C@@H]4CCO4)CC3)ccc2F)c(F)c1. The van der Waals surface area contributed by atoms with Crippen LogP contribution in [0.5, 0.6) is 5.88 Å². The Morgan fingerprint density at radius 1 is 1.02 bits per heavy atom. The van der Waals surface area contributed by atoms with Crippen molar-refractivity contribution in [2.45, 2.75) is 57.2 Å². The van der Waals surface area contributed by atoms with Crippen LogP contribution in [0.4, 0.5) is 22.0 Å². The highest BCUT2D eigenvalue weighted by molar-refractivity contribution is 5.78. The van der Waals surface area contributed by atoms with E-state index in [4.69, 9.17) is 19.7 Å². The van der Waals surface area contributed by atoms with E-state index in [0.717, 1.165) is 36.7 Å². The molecule has 0 amide bonds. The highest BCUT2D eigenvalue weighted by atomic mass is 19.4. The number of nitriles is 1. The number of ether oxygens (including phenoxy) is 2. The monoisotopic (exact) mass is 665 g/mol. The molecule has 16 heteroatoms. The molecular formula is C32H28F5N9O2. The summed E-state index contributed by atoms with van der Waals surface area (Å²) in [6.07, 6.45) is -0.656. The number of nitrogens with one attached hydrogen (secondary N) is 1. The van der Waals surface area contributed by atoms with Crippen LogP contribution < -0.4 is 4.74 Å². The van der Waals surface area contributed by atoms with Gasteiger partial charge in [-0.15, -0.1) is 0 Å². The third kappa shape index (κ3) is 6.56. The minimum Gasteiger partial charge on any atom is -0.471 e. The summed E-state index contributed by atoms with van der Waals surface area (Å²) in [4.78, 5) is 19.4. The van der Waals surface area contributed by atoms with E-state index in [-0.39, 0.29) is 47.2 Å². The molecular weight excluding hydrogens is 637 g/mol. The lowest BCUT2D eigenvalue weighted by Gasteiger charge is -2.32. The minimum absolute atomic E-state index is 0.0308. The van der Waals surface area contributed by atoms with Gasteiger partial charge in [-0.25, -0.2) is 23.7 Å². The van der Waals surface area contributed by atoms with Crippen molar-refractivity contribution in [3.63, 3.8) is 0 Å². The van der Waals surface area contributed by atoms with E-state index in [9.17, 15) is 22.0 Å². The van der Waals surface area contributed by atoms with Gasteiger partial charge in [-0.05, 0) is 62.7 Å². The zero-order valence-corrected chi connectivity index (χ0v) is 25.3. The maximum atomic E-state index is 14.6. The molecule has 2 saturated heterocycles. The molecule has 0 unspecified atom stereocenters. The molecule has 0 aliphatic carbocycles. The third-order valence-electron chi connectivity index (χ3n) is 8.63. The van der Waals surface area contributed by atoms with Gasteiger partial charge in [0.15, 0.2) is 11.6 Å². The van der Waals surface area contributed by atoms with Crippen LogP contribution in [0.3, 0.4) is 0 Å². The average Bonchev–Trinajstić information content (AvgIpc) is 3.68. The maximum Gasteiger partial charge on any atom is 0.451 e. The van der Waals surface area contributed by atoms with E-state index >= 15 is 0 Å². The molecule has 0 radical (unpaired) electrons. The van der Waals surface area contributed by atoms with Crippen LogP contribution >= 0.6 is 0 Å². The lowest BCUT2D eigenvalue weighted by molar-refractivity contribution is -0.144. The number of likely N-dealkylation sites (tertiary alicyclic amines) is 1. The predicted octanol–water partition coefficient (Wildman–Crippen LogP) is 5.53. The van der Waals surface area contributed by atoms with E-state index in [1.807, 2.05) is 15.7 Å². The van der Waals surface area contributed by atoms with E-state index in [0.29, 0.717) is 44.0 Å². The first-order chi connectivity index (χ1) is 23.1. The highest BCUT2D eigenvalue weighted by Gasteiger charge is 2.35. The second-order valence-electron chi connectivity index (χ2n) is 11.8. The van der Waals surface area contributed by atoms with Crippen LogP contribution in [-0.4, -0.2) is 65.4 Å². The number of halogens is 5. The van der Waals surface area contributed by atoms with Crippen molar-refractivity contribution in [2.24, 2.45) is 0 Å². The van der Waals surface area contributed by atoms with Crippen LogP contribution in [0.25, 0.3) is 22.6 Å². The van der Waals surface area contributed by atoms with Crippen molar-refractivity contribution in [2.75, 3.05) is 19.7 Å². The number of fused-ring (bicyclic) bond motifs is 1. The fourth-order valence-electron chi connectivity index (χ4n) is 5.89. The number of piperidine rings is 1. The number of hydrogen-bond donors (Lipinski definition) is 1. The molecule has 1 atom stereocenters. The number of H-pyrrole nitrogens is 1. The standard InChI is InChI=1S/C32H28F5N9O2/c33-22-3-4-24(41-30(22)48-17-20-2-1-18(13-38)11-23(20)34)19-5-8-45(9-6-19)16-28-40-25-12-26(29-42-31(44-43-29)32(35,36)37)39-14-27(25)46(28)15-21-7-10-47-21/h1-4,11-12,14,19,21H,5-10,15-17H2,(H,42,43,44)/t21-/m0/s1. The summed E-state index contributed by atoms with van der Waals surface area (Å²) in [5, 5.41) is 14.5.